The highest BCUT2D eigenvalue weighted by Crippen LogP contribution is 2.33. The number of nitrogens with zero attached hydrogens (tertiary/aromatic N) is 1. The van der Waals surface area contributed by atoms with E-state index in [1.54, 1.807) is 4.90 Å². The number of halogens is 2. The Hall–Kier alpha value is -1.53. The first-order chi connectivity index (χ1) is 9.51. The van der Waals surface area contributed by atoms with Crippen LogP contribution in [0.25, 0.3) is 0 Å². The summed E-state index contributed by atoms with van der Waals surface area (Å²) >= 11 is 0. The van der Waals surface area contributed by atoms with Gasteiger partial charge in [0.05, 0.1) is 19.6 Å². The molecule has 6 heteroatoms. The van der Waals surface area contributed by atoms with Gasteiger partial charge >= 0.3 is 5.97 Å². The molecule has 1 fully saturated rings. The van der Waals surface area contributed by atoms with Crippen molar-refractivity contribution in [1.29, 1.82) is 0 Å². The average Bonchev–Trinajstić information content (AvgIpc) is 2.79. The maximum atomic E-state index is 13.8. The number of carbonyl (C=O) groups is 1. The number of esters is 1. The van der Waals surface area contributed by atoms with Crippen molar-refractivity contribution in [2.24, 2.45) is 0 Å². The van der Waals surface area contributed by atoms with E-state index < -0.39 is 23.8 Å². The molecule has 1 aliphatic heterocycles. The Labute approximate surface area is 116 Å². The predicted octanol–water partition coefficient (Wildman–Crippen LogP) is 1.64. The van der Waals surface area contributed by atoms with Gasteiger partial charge in [0.1, 0.15) is 11.6 Å². The summed E-state index contributed by atoms with van der Waals surface area (Å²) in [5, 5.41) is 9.74. The molecule has 0 bridgehead atoms. The Balaban J connectivity index is 2.15. The highest BCUT2D eigenvalue weighted by molar-refractivity contribution is 5.69. The molecule has 20 heavy (non-hydrogen) atoms. The number of aliphatic hydroxyl groups is 1. The Kier molecular flexibility index (Phi) is 4.67. The number of likely N-dealkylation sites (tertiary alicyclic amines) is 1. The van der Waals surface area contributed by atoms with Crippen molar-refractivity contribution in [3.8, 4) is 0 Å². The van der Waals surface area contributed by atoms with Crippen molar-refractivity contribution in [2.45, 2.75) is 25.0 Å². The van der Waals surface area contributed by atoms with Crippen LogP contribution in [0.1, 0.15) is 24.4 Å². The zero-order chi connectivity index (χ0) is 14.7. The molecule has 1 aliphatic rings. The van der Waals surface area contributed by atoms with Crippen LogP contribution >= 0.6 is 0 Å². The second-order valence-electron chi connectivity index (χ2n) is 4.89. The van der Waals surface area contributed by atoms with E-state index in [0.717, 1.165) is 18.2 Å². The zero-order valence-electron chi connectivity index (χ0n) is 11.2. The van der Waals surface area contributed by atoms with Crippen LogP contribution in [0.4, 0.5) is 8.78 Å². The fourth-order valence-electron chi connectivity index (χ4n) is 2.56. The molecule has 110 valence electrons. The number of benzene rings is 1. The molecule has 1 saturated heterocycles. The molecule has 0 unspecified atom stereocenters. The van der Waals surface area contributed by atoms with E-state index in [0.29, 0.717) is 19.5 Å². The molecular formula is C14H17F2NO3. The van der Waals surface area contributed by atoms with Crippen LogP contribution in [0.5, 0.6) is 0 Å². The van der Waals surface area contributed by atoms with Gasteiger partial charge in [-0.1, -0.05) is 0 Å². The summed E-state index contributed by atoms with van der Waals surface area (Å²) in [5.74, 6) is -1.39. The third-order valence-corrected chi connectivity index (χ3v) is 3.53. The number of ether oxygens (including phenoxy) is 1. The lowest BCUT2D eigenvalue weighted by Crippen LogP contribution is -2.28. The van der Waals surface area contributed by atoms with Gasteiger partial charge in [-0.15, -0.1) is 0 Å². The molecular weight excluding hydrogens is 268 g/mol. The lowest BCUT2D eigenvalue weighted by atomic mass is 10.0. The topological polar surface area (TPSA) is 49.8 Å². The number of hydrogen-bond acceptors (Lipinski definition) is 4. The first kappa shape index (κ1) is 14.9. The Bertz CT molecular complexity index is 495. The largest absolute Gasteiger partial charge is 0.469 e. The summed E-state index contributed by atoms with van der Waals surface area (Å²) in [6, 6.07) is 2.85. The van der Waals surface area contributed by atoms with Gasteiger partial charge in [0.15, 0.2) is 0 Å². The van der Waals surface area contributed by atoms with E-state index in [2.05, 4.69) is 4.74 Å². The Morgan fingerprint density at radius 3 is 2.95 bits per heavy atom. The average molecular weight is 285 g/mol. The molecule has 0 saturated carbocycles. The van der Waals surface area contributed by atoms with Crippen LogP contribution in [-0.4, -0.2) is 42.3 Å². The van der Waals surface area contributed by atoms with Gasteiger partial charge in [-0.2, -0.15) is 0 Å². The predicted molar refractivity (Wildman–Crippen MR) is 67.9 cm³/mol. The lowest BCUT2D eigenvalue weighted by Gasteiger charge is -2.24. The number of rotatable bonds is 4. The van der Waals surface area contributed by atoms with Crippen molar-refractivity contribution in [1.82, 2.24) is 4.90 Å². The van der Waals surface area contributed by atoms with Gasteiger partial charge in [0, 0.05) is 24.7 Å². The van der Waals surface area contributed by atoms with E-state index in [1.165, 1.54) is 7.11 Å². The lowest BCUT2D eigenvalue weighted by molar-refractivity contribution is -0.141. The fraction of sp³-hybridized carbons (Fsp3) is 0.500. The van der Waals surface area contributed by atoms with Gasteiger partial charge < -0.3 is 9.84 Å². The molecule has 1 N–H and O–H groups in total. The number of carbonyl (C=O) groups excluding carboxylic acids is 1. The molecule has 0 aromatic heterocycles. The van der Waals surface area contributed by atoms with E-state index >= 15 is 0 Å². The smallest absolute Gasteiger partial charge is 0.306 e. The second-order valence-corrected chi connectivity index (χ2v) is 4.89. The first-order valence-electron chi connectivity index (χ1n) is 6.45. The van der Waals surface area contributed by atoms with Crippen LogP contribution in [0, 0.1) is 11.6 Å². The molecule has 0 amide bonds. The number of hydrogen-bond donors (Lipinski definition) is 1. The van der Waals surface area contributed by atoms with Crippen LogP contribution in [0.3, 0.4) is 0 Å². The fourth-order valence-corrected chi connectivity index (χ4v) is 2.56. The molecule has 0 radical (unpaired) electrons. The van der Waals surface area contributed by atoms with Gasteiger partial charge in [-0.25, -0.2) is 8.78 Å². The maximum Gasteiger partial charge on any atom is 0.306 e. The Morgan fingerprint density at radius 1 is 1.50 bits per heavy atom. The first-order valence-corrected chi connectivity index (χ1v) is 6.45. The molecule has 2 atom stereocenters. The van der Waals surface area contributed by atoms with E-state index in [9.17, 15) is 18.7 Å². The summed E-state index contributed by atoms with van der Waals surface area (Å²) in [6.45, 7) is 0.669. The summed E-state index contributed by atoms with van der Waals surface area (Å²) in [6.07, 6.45) is -0.140. The highest BCUT2D eigenvalue weighted by atomic mass is 19.1. The monoisotopic (exact) mass is 285 g/mol. The van der Waals surface area contributed by atoms with Crippen LogP contribution in [-0.2, 0) is 9.53 Å². The number of aliphatic hydroxyl groups excluding tert-OH is 1. The molecule has 1 aromatic rings. The summed E-state index contributed by atoms with van der Waals surface area (Å²) in [5.41, 5.74) is 0.214. The summed E-state index contributed by atoms with van der Waals surface area (Å²) < 4.78 is 31.7. The number of β-amino-alcohol motifs (C(OH)–C–C–N with tert-alkyl or cyclic N) is 1. The highest BCUT2D eigenvalue weighted by Gasteiger charge is 2.33. The van der Waals surface area contributed by atoms with E-state index in [4.69, 9.17) is 0 Å². The van der Waals surface area contributed by atoms with Crippen molar-refractivity contribution < 1.29 is 23.4 Å². The second kappa shape index (κ2) is 6.28. The van der Waals surface area contributed by atoms with Crippen molar-refractivity contribution in [2.75, 3.05) is 20.2 Å². The van der Waals surface area contributed by atoms with Gasteiger partial charge in [0.2, 0.25) is 0 Å². The van der Waals surface area contributed by atoms with E-state index in [1.807, 2.05) is 0 Å². The van der Waals surface area contributed by atoms with Crippen LogP contribution in [0.15, 0.2) is 18.2 Å². The molecule has 4 nitrogen and oxygen atoms in total. The molecule has 0 spiro atoms. The third kappa shape index (κ3) is 3.32. The van der Waals surface area contributed by atoms with Crippen LogP contribution < -0.4 is 0 Å². The molecule has 0 aliphatic carbocycles. The van der Waals surface area contributed by atoms with Crippen molar-refractivity contribution >= 4 is 5.97 Å². The minimum absolute atomic E-state index is 0.149. The van der Waals surface area contributed by atoms with Crippen molar-refractivity contribution in [3.63, 3.8) is 0 Å². The minimum Gasteiger partial charge on any atom is -0.469 e. The molecule has 1 heterocycles. The quantitative estimate of drug-likeness (QED) is 0.854. The summed E-state index contributed by atoms with van der Waals surface area (Å²) in [7, 11) is 1.30. The normalized spacial score (nSPS) is 23.0. The van der Waals surface area contributed by atoms with Gasteiger partial charge in [0.25, 0.3) is 0 Å². The minimum atomic E-state index is -0.611. The van der Waals surface area contributed by atoms with Gasteiger partial charge in [-0.3, -0.25) is 9.69 Å². The SMILES string of the molecule is COC(=O)CCN1C[C@@H](O)C[C@@H]1c1cc(F)ccc1F. The zero-order valence-corrected chi connectivity index (χ0v) is 11.2. The Morgan fingerprint density at radius 2 is 2.25 bits per heavy atom. The molecule has 2 rings (SSSR count). The van der Waals surface area contributed by atoms with Crippen molar-refractivity contribution in [3.05, 3.63) is 35.4 Å². The standard InChI is InChI=1S/C14H17F2NO3/c1-20-14(19)4-5-17-8-10(18)7-13(17)11-6-9(15)2-3-12(11)16/h2-3,6,10,13,18H,4-5,7-8H2,1H3/t10-,13+/m0/s1. The van der Waals surface area contributed by atoms with Crippen LogP contribution in [0.2, 0.25) is 0 Å². The third-order valence-electron chi connectivity index (χ3n) is 3.53. The van der Waals surface area contributed by atoms with Gasteiger partial charge in [-0.05, 0) is 24.6 Å². The van der Waals surface area contributed by atoms with E-state index in [-0.39, 0.29) is 18.0 Å². The molecule has 1 aromatic carbocycles. The number of methoxy groups -OCH3 is 1. The maximum absolute atomic E-state index is 13.8. The summed E-state index contributed by atoms with van der Waals surface area (Å²) in [4.78, 5) is 12.9.